The van der Waals surface area contributed by atoms with Gasteiger partial charge in [-0.3, -0.25) is 0 Å². The van der Waals surface area contributed by atoms with Crippen molar-refractivity contribution in [3.63, 3.8) is 0 Å². The average Bonchev–Trinajstić information content (AvgIpc) is 2.37. The second-order valence-corrected chi connectivity index (χ2v) is 5.07. The summed E-state index contributed by atoms with van der Waals surface area (Å²) in [5.41, 5.74) is 6.08. The van der Waals surface area contributed by atoms with Crippen molar-refractivity contribution in [3.05, 3.63) is 33.4 Å². The summed E-state index contributed by atoms with van der Waals surface area (Å²) in [6, 6.07) is 7.75. The van der Waals surface area contributed by atoms with Crippen molar-refractivity contribution in [1.29, 1.82) is 0 Å². The molecular formula is C13H18INO4. The number of hydrogen-bond acceptors (Lipinski definition) is 4. The maximum absolute atomic E-state index is 11.0. The number of rotatable bonds is 8. The molecule has 1 amide bonds. The van der Waals surface area contributed by atoms with Gasteiger partial charge in [0.25, 0.3) is 0 Å². The zero-order valence-electron chi connectivity index (χ0n) is 10.8. The lowest BCUT2D eigenvalue weighted by Gasteiger charge is -2.18. The second kappa shape index (κ2) is 9.11. The lowest BCUT2D eigenvalue weighted by Crippen LogP contribution is -2.18. The van der Waals surface area contributed by atoms with E-state index in [9.17, 15) is 4.79 Å². The monoisotopic (exact) mass is 379 g/mol. The van der Waals surface area contributed by atoms with Gasteiger partial charge < -0.3 is 19.9 Å². The summed E-state index contributed by atoms with van der Waals surface area (Å²) >= 11 is 2.21. The molecule has 19 heavy (non-hydrogen) atoms. The molecule has 0 aliphatic rings. The van der Waals surface area contributed by atoms with Crippen LogP contribution in [0, 0.1) is 3.57 Å². The predicted octanol–water partition coefficient (Wildman–Crippen LogP) is 2.83. The van der Waals surface area contributed by atoms with Crippen molar-refractivity contribution in [2.24, 2.45) is 5.73 Å². The second-order valence-electron chi connectivity index (χ2n) is 3.90. The Bertz CT molecular complexity index is 400. The molecule has 1 atom stereocenters. The van der Waals surface area contributed by atoms with Gasteiger partial charge in [0.05, 0.1) is 0 Å². The summed E-state index contributed by atoms with van der Waals surface area (Å²) in [7, 11) is 1.57. The van der Waals surface area contributed by atoms with Crippen LogP contribution >= 0.6 is 22.6 Å². The Balaban J connectivity index is 2.57. The summed E-state index contributed by atoms with van der Waals surface area (Å²) in [5.74, 6) is 0. The Morgan fingerprint density at radius 2 is 2.16 bits per heavy atom. The first kappa shape index (κ1) is 16.2. The van der Waals surface area contributed by atoms with Gasteiger partial charge in [-0.15, -0.1) is 0 Å². The third kappa shape index (κ3) is 6.22. The molecule has 0 saturated heterocycles. The van der Waals surface area contributed by atoms with Crippen molar-refractivity contribution >= 4 is 28.7 Å². The molecule has 5 nitrogen and oxygen atoms in total. The van der Waals surface area contributed by atoms with E-state index in [0.29, 0.717) is 13.0 Å². The molecule has 0 aromatic heterocycles. The number of ether oxygens (including phenoxy) is 3. The maximum Gasteiger partial charge on any atom is 0.405 e. The van der Waals surface area contributed by atoms with Crippen LogP contribution in [0.25, 0.3) is 0 Å². The van der Waals surface area contributed by atoms with Crippen molar-refractivity contribution in [3.8, 4) is 0 Å². The summed E-state index contributed by atoms with van der Waals surface area (Å²) < 4.78 is 16.2. The SMILES string of the molecule is COCOCCC[C@H](OC(N)=O)c1ccccc1I. The summed E-state index contributed by atoms with van der Waals surface area (Å²) in [6.07, 6.45) is 0.318. The Hall–Kier alpha value is -0.860. The molecule has 0 aliphatic carbocycles. The number of primary amides is 1. The number of amides is 1. The molecule has 1 rings (SSSR count). The van der Waals surface area contributed by atoms with Gasteiger partial charge in [0.15, 0.2) is 0 Å². The maximum atomic E-state index is 11.0. The van der Waals surface area contributed by atoms with Crippen LogP contribution in [0.2, 0.25) is 0 Å². The molecule has 1 aromatic rings. The van der Waals surface area contributed by atoms with Gasteiger partial charge in [-0.25, -0.2) is 4.79 Å². The highest BCUT2D eigenvalue weighted by Gasteiger charge is 2.17. The smallest absolute Gasteiger partial charge is 0.405 e. The zero-order valence-corrected chi connectivity index (χ0v) is 13.0. The summed E-state index contributed by atoms with van der Waals surface area (Å²) in [6.45, 7) is 0.820. The normalized spacial score (nSPS) is 12.1. The van der Waals surface area contributed by atoms with E-state index in [4.69, 9.17) is 19.9 Å². The fourth-order valence-corrected chi connectivity index (χ4v) is 2.40. The Kier molecular flexibility index (Phi) is 7.76. The van der Waals surface area contributed by atoms with Crippen molar-refractivity contribution in [2.45, 2.75) is 18.9 Å². The van der Waals surface area contributed by atoms with Gasteiger partial charge in [0, 0.05) is 22.9 Å². The molecule has 0 aliphatic heterocycles. The summed E-state index contributed by atoms with van der Waals surface area (Å²) in [5, 5.41) is 0. The first-order valence-electron chi connectivity index (χ1n) is 5.92. The highest BCUT2D eigenvalue weighted by Crippen LogP contribution is 2.27. The van der Waals surface area contributed by atoms with Crippen LogP contribution in [-0.4, -0.2) is 26.6 Å². The minimum absolute atomic E-state index is 0.268. The van der Waals surface area contributed by atoms with E-state index >= 15 is 0 Å². The zero-order chi connectivity index (χ0) is 14.1. The minimum atomic E-state index is -0.762. The van der Waals surface area contributed by atoms with E-state index < -0.39 is 6.09 Å². The van der Waals surface area contributed by atoms with E-state index in [-0.39, 0.29) is 12.9 Å². The van der Waals surface area contributed by atoms with Crippen LogP contribution in [0.15, 0.2) is 24.3 Å². The van der Waals surface area contributed by atoms with E-state index in [0.717, 1.165) is 15.6 Å². The number of carbonyl (C=O) groups is 1. The van der Waals surface area contributed by atoms with Crippen LogP contribution in [0.1, 0.15) is 24.5 Å². The molecule has 0 heterocycles. The largest absolute Gasteiger partial charge is 0.441 e. The van der Waals surface area contributed by atoms with Crippen molar-refractivity contribution < 1.29 is 19.0 Å². The molecule has 0 spiro atoms. The van der Waals surface area contributed by atoms with E-state index in [2.05, 4.69) is 22.6 Å². The van der Waals surface area contributed by atoms with E-state index in [1.165, 1.54) is 0 Å². The highest BCUT2D eigenvalue weighted by atomic mass is 127. The third-order valence-electron chi connectivity index (χ3n) is 2.47. The lowest BCUT2D eigenvalue weighted by atomic mass is 10.1. The molecule has 0 fully saturated rings. The highest BCUT2D eigenvalue weighted by molar-refractivity contribution is 14.1. The number of nitrogens with two attached hydrogens (primary N) is 1. The third-order valence-corrected chi connectivity index (χ3v) is 3.45. The van der Waals surface area contributed by atoms with Crippen LogP contribution in [0.3, 0.4) is 0 Å². The lowest BCUT2D eigenvalue weighted by molar-refractivity contribution is -0.0340. The molecule has 106 valence electrons. The first-order chi connectivity index (χ1) is 9.15. The number of methoxy groups -OCH3 is 1. The fourth-order valence-electron chi connectivity index (χ4n) is 1.67. The molecule has 2 N–H and O–H groups in total. The van der Waals surface area contributed by atoms with Crippen molar-refractivity contribution in [1.82, 2.24) is 0 Å². The molecular weight excluding hydrogens is 361 g/mol. The van der Waals surface area contributed by atoms with Gasteiger partial charge in [0.1, 0.15) is 12.9 Å². The van der Waals surface area contributed by atoms with Crippen LogP contribution in [0.5, 0.6) is 0 Å². The van der Waals surface area contributed by atoms with E-state index in [1.54, 1.807) is 7.11 Å². The van der Waals surface area contributed by atoms with E-state index in [1.807, 2.05) is 24.3 Å². The molecule has 0 bridgehead atoms. The number of carbonyl (C=O) groups excluding carboxylic acids is 1. The number of benzene rings is 1. The van der Waals surface area contributed by atoms with Gasteiger partial charge in [-0.2, -0.15) is 0 Å². The molecule has 0 unspecified atom stereocenters. The van der Waals surface area contributed by atoms with Crippen LogP contribution in [-0.2, 0) is 14.2 Å². The average molecular weight is 379 g/mol. The minimum Gasteiger partial charge on any atom is -0.441 e. The van der Waals surface area contributed by atoms with Crippen LogP contribution in [0.4, 0.5) is 4.79 Å². The molecule has 1 aromatic carbocycles. The Morgan fingerprint density at radius 3 is 2.79 bits per heavy atom. The Labute approximate surface area is 126 Å². The number of halogens is 1. The molecule has 0 radical (unpaired) electrons. The van der Waals surface area contributed by atoms with Crippen LogP contribution < -0.4 is 5.73 Å². The standard InChI is InChI=1S/C13H18INO4/c1-17-9-18-8-4-7-12(19-13(15)16)10-5-2-3-6-11(10)14/h2-3,5-6,12H,4,7-9H2,1H3,(H2,15,16)/t12-/m0/s1. The topological polar surface area (TPSA) is 70.8 Å². The van der Waals surface area contributed by atoms with Gasteiger partial charge >= 0.3 is 6.09 Å². The summed E-state index contributed by atoms with van der Waals surface area (Å²) in [4.78, 5) is 11.0. The first-order valence-corrected chi connectivity index (χ1v) is 7.00. The molecule has 6 heteroatoms. The van der Waals surface area contributed by atoms with Gasteiger partial charge in [-0.05, 0) is 41.5 Å². The fraction of sp³-hybridized carbons (Fsp3) is 0.462. The van der Waals surface area contributed by atoms with Gasteiger partial charge in [0.2, 0.25) is 0 Å². The Morgan fingerprint density at radius 1 is 1.42 bits per heavy atom. The molecule has 0 saturated carbocycles. The number of hydrogen-bond donors (Lipinski definition) is 1. The van der Waals surface area contributed by atoms with Crippen molar-refractivity contribution in [2.75, 3.05) is 20.5 Å². The van der Waals surface area contributed by atoms with Gasteiger partial charge in [-0.1, -0.05) is 18.2 Å². The predicted molar refractivity (Wildman–Crippen MR) is 79.6 cm³/mol. The quantitative estimate of drug-likeness (QED) is 0.429.